The van der Waals surface area contributed by atoms with E-state index in [0.717, 1.165) is 25.1 Å². The fraction of sp³-hybridized carbons (Fsp3) is 0.348. The zero-order valence-electron chi connectivity index (χ0n) is 16.7. The summed E-state index contributed by atoms with van der Waals surface area (Å²) < 4.78 is 5.50. The Bertz CT molecular complexity index is 908. The number of amides is 3. The largest absolute Gasteiger partial charge is 0.376 e. The van der Waals surface area contributed by atoms with Crippen LogP contribution in [0.25, 0.3) is 0 Å². The molecule has 2 aliphatic rings. The topological polar surface area (TPSA) is 87.7 Å². The zero-order valence-corrected chi connectivity index (χ0v) is 16.7. The van der Waals surface area contributed by atoms with Crippen LogP contribution in [0, 0.1) is 5.92 Å². The molecular weight excluding hydrogens is 382 g/mol. The standard InChI is InChI=1S/C23H25N3O4/c27-21-13-17(15-26(21)19-5-2-1-3-6-19)23(29)25-18-10-8-16(9-11-18)22(28)24-14-20-7-4-12-30-20/h1-3,5-6,8-11,17,20H,4,7,12-15H2,(H,24,28)(H,25,29). The van der Waals surface area contributed by atoms with Crippen LogP contribution in [-0.2, 0) is 14.3 Å². The Hall–Kier alpha value is -3.19. The van der Waals surface area contributed by atoms with E-state index in [9.17, 15) is 14.4 Å². The van der Waals surface area contributed by atoms with E-state index >= 15 is 0 Å². The van der Waals surface area contributed by atoms with Crippen molar-refractivity contribution in [1.29, 1.82) is 0 Å². The molecular formula is C23H25N3O4. The Labute approximate surface area is 175 Å². The first-order valence-corrected chi connectivity index (χ1v) is 10.3. The number of rotatable bonds is 6. The van der Waals surface area contributed by atoms with Crippen LogP contribution in [0.2, 0.25) is 0 Å². The monoisotopic (exact) mass is 407 g/mol. The van der Waals surface area contributed by atoms with Crippen molar-refractivity contribution in [2.75, 3.05) is 29.9 Å². The normalized spacial score (nSPS) is 20.9. The molecule has 2 aliphatic heterocycles. The summed E-state index contributed by atoms with van der Waals surface area (Å²) in [7, 11) is 0. The van der Waals surface area contributed by atoms with Gasteiger partial charge in [-0.05, 0) is 49.2 Å². The molecule has 2 aromatic rings. The second-order valence-corrected chi connectivity index (χ2v) is 7.65. The number of hydrogen-bond donors (Lipinski definition) is 2. The third-order valence-corrected chi connectivity index (χ3v) is 5.49. The molecule has 2 unspecified atom stereocenters. The summed E-state index contributed by atoms with van der Waals surface area (Å²) >= 11 is 0. The summed E-state index contributed by atoms with van der Waals surface area (Å²) in [6.07, 6.45) is 2.28. The van der Waals surface area contributed by atoms with Crippen LogP contribution in [0.1, 0.15) is 29.6 Å². The Kier molecular flexibility index (Phi) is 6.09. The first kappa shape index (κ1) is 20.1. The van der Waals surface area contributed by atoms with Crippen LogP contribution in [0.3, 0.4) is 0 Å². The summed E-state index contributed by atoms with van der Waals surface area (Å²) in [6, 6.07) is 16.1. The Morgan fingerprint density at radius 1 is 1.07 bits per heavy atom. The number of carbonyl (C=O) groups excluding carboxylic acids is 3. The van der Waals surface area contributed by atoms with Crippen LogP contribution in [0.4, 0.5) is 11.4 Å². The zero-order chi connectivity index (χ0) is 20.9. The maximum absolute atomic E-state index is 12.6. The van der Waals surface area contributed by atoms with Crippen molar-refractivity contribution in [3.8, 4) is 0 Å². The second-order valence-electron chi connectivity index (χ2n) is 7.65. The smallest absolute Gasteiger partial charge is 0.251 e. The van der Waals surface area contributed by atoms with Gasteiger partial charge in [-0.25, -0.2) is 0 Å². The van der Waals surface area contributed by atoms with E-state index in [-0.39, 0.29) is 30.2 Å². The molecule has 0 bridgehead atoms. The molecule has 0 aliphatic carbocycles. The van der Waals surface area contributed by atoms with Crippen molar-refractivity contribution in [2.45, 2.75) is 25.4 Å². The van der Waals surface area contributed by atoms with E-state index in [1.165, 1.54) is 0 Å². The predicted molar refractivity (Wildman–Crippen MR) is 113 cm³/mol. The molecule has 0 spiro atoms. The minimum absolute atomic E-state index is 0.0559. The van der Waals surface area contributed by atoms with Gasteiger partial charge in [-0.15, -0.1) is 0 Å². The van der Waals surface area contributed by atoms with Gasteiger partial charge in [0.05, 0.1) is 12.0 Å². The lowest BCUT2D eigenvalue weighted by Crippen LogP contribution is -2.31. The van der Waals surface area contributed by atoms with Crippen molar-refractivity contribution in [3.05, 3.63) is 60.2 Å². The maximum Gasteiger partial charge on any atom is 0.251 e. The van der Waals surface area contributed by atoms with Crippen LogP contribution in [0.5, 0.6) is 0 Å². The molecule has 2 atom stereocenters. The number of anilines is 2. The number of para-hydroxylation sites is 1. The van der Waals surface area contributed by atoms with Gasteiger partial charge in [0.25, 0.3) is 5.91 Å². The molecule has 30 heavy (non-hydrogen) atoms. The summed E-state index contributed by atoms with van der Waals surface area (Å²) in [5.74, 6) is -0.827. The molecule has 4 rings (SSSR count). The third kappa shape index (κ3) is 4.68. The van der Waals surface area contributed by atoms with Gasteiger partial charge in [0, 0.05) is 43.1 Å². The van der Waals surface area contributed by atoms with Gasteiger partial charge in [0.1, 0.15) is 0 Å². The van der Waals surface area contributed by atoms with Crippen molar-refractivity contribution >= 4 is 29.1 Å². The van der Waals surface area contributed by atoms with E-state index in [1.54, 1.807) is 29.2 Å². The number of ether oxygens (including phenoxy) is 1. The van der Waals surface area contributed by atoms with Crippen LogP contribution < -0.4 is 15.5 Å². The number of carbonyl (C=O) groups is 3. The van der Waals surface area contributed by atoms with E-state index in [2.05, 4.69) is 10.6 Å². The molecule has 3 amide bonds. The molecule has 2 fully saturated rings. The lowest BCUT2D eigenvalue weighted by atomic mass is 10.1. The van der Waals surface area contributed by atoms with Crippen molar-refractivity contribution < 1.29 is 19.1 Å². The summed E-state index contributed by atoms with van der Waals surface area (Å²) in [4.78, 5) is 38.8. The summed E-state index contributed by atoms with van der Waals surface area (Å²) in [5, 5.41) is 5.73. The van der Waals surface area contributed by atoms with Crippen LogP contribution in [-0.4, -0.2) is 43.5 Å². The van der Waals surface area contributed by atoms with Gasteiger partial charge in [0.2, 0.25) is 11.8 Å². The van der Waals surface area contributed by atoms with E-state index in [4.69, 9.17) is 4.74 Å². The highest BCUT2D eigenvalue weighted by molar-refractivity contribution is 6.03. The van der Waals surface area contributed by atoms with E-state index in [1.807, 2.05) is 30.3 Å². The summed E-state index contributed by atoms with van der Waals surface area (Å²) in [6.45, 7) is 1.62. The Balaban J connectivity index is 1.30. The lowest BCUT2D eigenvalue weighted by molar-refractivity contribution is -0.122. The highest BCUT2D eigenvalue weighted by atomic mass is 16.5. The first-order valence-electron chi connectivity index (χ1n) is 10.3. The van der Waals surface area contributed by atoms with Crippen molar-refractivity contribution in [1.82, 2.24) is 5.32 Å². The molecule has 2 N–H and O–H groups in total. The quantitative estimate of drug-likeness (QED) is 0.771. The van der Waals surface area contributed by atoms with Crippen molar-refractivity contribution in [3.63, 3.8) is 0 Å². The fourth-order valence-corrected chi connectivity index (χ4v) is 3.80. The average molecular weight is 407 g/mol. The molecule has 156 valence electrons. The number of nitrogens with zero attached hydrogens (tertiary/aromatic N) is 1. The van der Waals surface area contributed by atoms with Crippen molar-refractivity contribution in [2.24, 2.45) is 5.92 Å². The lowest BCUT2D eigenvalue weighted by Gasteiger charge is -2.16. The highest BCUT2D eigenvalue weighted by Crippen LogP contribution is 2.26. The Morgan fingerprint density at radius 2 is 1.83 bits per heavy atom. The molecule has 0 radical (unpaired) electrons. The molecule has 0 saturated carbocycles. The molecule has 2 heterocycles. The van der Waals surface area contributed by atoms with E-state index in [0.29, 0.717) is 24.3 Å². The van der Waals surface area contributed by atoms with Gasteiger partial charge in [-0.2, -0.15) is 0 Å². The first-order chi connectivity index (χ1) is 14.6. The Morgan fingerprint density at radius 3 is 2.53 bits per heavy atom. The fourth-order valence-electron chi connectivity index (χ4n) is 3.80. The van der Waals surface area contributed by atoms with Gasteiger partial charge >= 0.3 is 0 Å². The second kappa shape index (κ2) is 9.09. The average Bonchev–Trinajstić information content (AvgIpc) is 3.43. The maximum atomic E-state index is 12.6. The molecule has 0 aromatic heterocycles. The molecule has 7 nitrogen and oxygen atoms in total. The predicted octanol–water partition coefficient (Wildman–Crippen LogP) is 2.59. The van der Waals surface area contributed by atoms with Gasteiger partial charge in [-0.3, -0.25) is 14.4 Å². The molecule has 2 aromatic carbocycles. The minimum Gasteiger partial charge on any atom is -0.376 e. The number of benzene rings is 2. The van der Waals surface area contributed by atoms with Gasteiger partial charge in [-0.1, -0.05) is 18.2 Å². The number of hydrogen-bond acceptors (Lipinski definition) is 4. The van der Waals surface area contributed by atoms with Gasteiger partial charge < -0.3 is 20.3 Å². The third-order valence-electron chi connectivity index (χ3n) is 5.49. The van der Waals surface area contributed by atoms with E-state index < -0.39 is 5.92 Å². The molecule has 2 saturated heterocycles. The SMILES string of the molecule is O=C(NCC1CCCO1)c1ccc(NC(=O)C2CC(=O)N(c3ccccc3)C2)cc1. The summed E-state index contributed by atoms with van der Waals surface area (Å²) in [5.41, 5.74) is 1.93. The highest BCUT2D eigenvalue weighted by Gasteiger charge is 2.35. The molecule has 7 heteroatoms. The number of nitrogens with one attached hydrogen (secondary N) is 2. The van der Waals surface area contributed by atoms with Gasteiger partial charge in [0.15, 0.2) is 0 Å². The minimum atomic E-state index is -0.410. The van der Waals surface area contributed by atoms with Crippen LogP contribution in [0.15, 0.2) is 54.6 Å². The van der Waals surface area contributed by atoms with Crippen LogP contribution >= 0.6 is 0 Å².